The fourth-order valence-corrected chi connectivity index (χ4v) is 3.83. The lowest BCUT2D eigenvalue weighted by molar-refractivity contribution is 0.0600. The monoisotopic (exact) mass is 412 g/mol. The van der Waals surface area contributed by atoms with Gasteiger partial charge in [-0.25, -0.2) is 9.59 Å². The highest BCUT2D eigenvalue weighted by Crippen LogP contribution is 2.32. The third-order valence-electron chi connectivity index (χ3n) is 4.88. The molecule has 1 aromatic carbocycles. The third-order valence-corrected chi connectivity index (χ3v) is 5.34. The SMILES string of the molecule is COC(=O)N[C@H]1CC[C@@H](N(C)c2cc(Br)cc(C(=O)OC)c2C)CC1. The lowest BCUT2D eigenvalue weighted by Gasteiger charge is -2.37. The molecule has 0 radical (unpaired) electrons. The molecule has 1 aliphatic rings. The van der Waals surface area contributed by atoms with Gasteiger partial charge in [-0.05, 0) is 50.3 Å². The molecule has 2 rings (SSSR count). The molecule has 138 valence electrons. The lowest BCUT2D eigenvalue weighted by atomic mass is 9.89. The smallest absolute Gasteiger partial charge is 0.407 e. The molecular formula is C18H25BrN2O4. The summed E-state index contributed by atoms with van der Waals surface area (Å²) in [5.74, 6) is -0.334. The van der Waals surface area contributed by atoms with Crippen molar-refractivity contribution in [2.24, 2.45) is 0 Å². The van der Waals surface area contributed by atoms with Gasteiger partial charge in [-0.15, -0.1) is 0 Å². The minimum atomic E-state index is -0.373. The summed E-state index contributed by atoms with van der Waals surface area (Å²) in [5.41, 5.74) is 2.49. The predicted octanol–water partition coefficient (Wildman–Crippen LogP) is 3.65. The molecule has 6 nitrogen and oxygen atoms in total. The van der Waals surface area contributed by atoms with Gasteiger partial charge in [0.25, 0.3) is 0 Å². The zero-order valence-corrected chi connectivity index (χ0v) is 16.7. The summed E-state index contributed by atoms with van der Waals surface area (Å²) in [7, 11) is 4.82. The van der Waals surface area contributed by atoms with Gasteiger partial charge >= 0.3 is 12.1 Å². The van der Waals surface area contributed by atoms with Crippen molar-refractivity contribution in [3.63, 3.8) is 0 Å². The summed E-state index contributed by atoms with van der Waals surface area (Å²) in [6.45, 7) is 1.94. The number of rotatable bonds is 4. The molecule has 1 aromatic rings. The van der Waals surface area contributed by atoms with Crippen LogP contribution in [0.1, 0.15) is 41.6 Å². The van der Waals surface area contributed by atoms with Gasteiger partial charge in [0.15, 0.2) is 0 Å². The molecule has 0 spiro atoms. The molecule has 0 atom stereocenters. The minimum Gasteiger partial charge on any atom is -0.465 e. The Morgan fingerprint density at radius 2 is 1.80 bits per heavy atom. The van der Waals surface area contributed by atoms with Gasteiger partial charge in [0.1, 0.15) is 0 Å². The Balaban J connectivity index is 2.11. The van der Waals surface area contributed by atoms with Gasteiger partial charge in [-0.3, -0.25) is 0 Å². The van der Waals surface area contributed by atoms with Gasteiger partial charge < -0.3 is 19.7 Å². The van der Waals surface area contributed by atoms with Crippen LogP contribution in [0, 0.1) is 6.92 Å². The third kappa shape index (κ3) is 4.66. The number of methoxy groups -OCH3 is 2. The zero-order chi connectivity index (χ0) is 18.6. The summed E-state index contributed by atoms with van der Waals surface area (Å²) in [6.07, 6.45) is 3.36. The van der Waals surface area contributed by atoms with Crippen LogP contribution in [0.3, 0.4) is 0 Å². The summed E-state index contributed by atoms with van der Waals surface area (Å²) in [6, 6.07) is 4.33. The highest BCUT2D eigenvalue weighted by molar-refractivity contribution is 9.10. The van der Waals surface area contributed by atoms with Crippen molar-refractivity contribution in [3.05, 3.63) is 27.7 Å². The van der Waals surface area contributed by atoms with E-state index in [4.69, 9.17) is 4.74 Å². The minimum absolute atomic E-state index is 0.159. The number of carbonyl (C=O) groups is 2. The van der Waals surface area contributed by atoms with E-state index in [-0.39, 0.29) is 18.1 Å². The fourth-order valence-electron chi connectivity index (χ4n) is 3.38. The molecule has 0 unspecified atom stereocenters. The van der Waals surface area contributed by atoms with E-state index in [1.807, 2.05) is 13.0 Å². The zero-order valence-electron chi connectivity index (χ0n) is 15.1. The van der Waals surface area contributed by atoms with Gasteiger partial charge in [0.05, 0.1) is 19.8 Å². The maximum atomic E-state index is 12.0. The van der Waals surface area contributed by atoms with Crippen LogP contribution in [-0.4, -0.2) is 45.4 Å². The first-order valence-corrected chi connectivity index (χ1v) is 9.12. The number of halogens is 1. The quantitative estimate of drug-likeness (QED) is 0.764. The number of nitrogens with one attached hydrogen (secondary N) is 1. The molecular weight excluding hydrogens is 388 g/mol. The van der Waals surface area contributed by atoms with Gasteiger partial charge in [0.2, 0.25) is 0 Å². The van der Waals surface area contributed by atoms with Crippen molar-refractivity contribution in [1.82, 2.24) is 5.32 Å². The van der Waals surface area contributed by atoms with Crippen LogP contribution in [0.5, 0.6) is 0 Å². The average molecular weight is 413 g/mol. The fraction of sp³-hybridized carbons (Fsp3) is 0.556. The van der Waals surface area contributed by atoms with Crippen LogP contribution in [0.15, 0.2) is 16.6 Å². The molecule has 0 bridgehead atoms. The standard InChI is InChI=1S/C18H25BrN2O4/c1-11-15(17(22)24-3)9-12(19)10-16(11)21(2)14-7-5-13(6-8-14)20-18(23)25-4/h9-10,13-14H,5-8H2,1-4H3,(H,20,23)/t13-,14+. The second-order valence-corrected chi connectivity index (χ2v) is 7.26. The van der Waals surface area contributed by atoms with Crippen LogP contribution in [0.2, 0.25) is 0 Å². The number of amides is 1. The number of carbonyl (C=O) groups excluding carboxylic acids is 2. The molecule has 1 aliphatic carbocycles. The molecule has 1 saturated carbocycles. The van der Waals surface area contributed by atoms with E-state index < -0.39 is 0 Å². The van der Waals surface area contributed by atoms with Crippen molar-refractivity contribution >= 4 is 33.7 Å². The van der Waals surface area contributed by atoms with Crippen LogP contribution >= 0.6 is 15.9 Å². The number of alkyl carbamates (subject to hydrolysis) is 1. The molecule has 25 heavy (non-hydrogen) atoms. The van der Waals surface area contributed by atoms with Crippen LogP contribution in [0.4, 0.5) is 10.5 Å². The number of anilines is 1. The van der Waals surface area contributed by atoms with Gasteiger partial charge in [-0.1, -0.05) is 15.9 Å². The van der Waals surface area contributed by atoms with E-state index in [1.165, 1.54) is 14.2 Å². The highest BCUT2D eigenvalue weighted by Gasteiger charge is 2.27. The Hall–Kier alpha value is -1.76. The summed E-state index contributed by atoms with van der Waals surface area (Å²) < 4.78 is 10.4. The molecule has 1 fully saturated rings. The summed E-state index contributed by atoms with van der Waals surface area (Å²) in [4.78, 5) is 25.6. The van der Waals surface area contributed by atoms with Gasteiger partial charge in [0, 0.05) is 29.3 Å². The Morgan fingerprint density at radius 3 is 2.36 bits per heavy atom. The molecule has 7 heteroatoms. The molecule has 0 saturated heterocycles. The molecule has 0 heterocycles. The van der Waals surface area contributed by atoms with E-state index >= 15 is 0 Å². The Morgan fingerprint density at radius 1 is 1.16 bits per heavy atom. The van der Waals surface area contributed by atoms with E-state index in [1.54, 1.807) is 6.07 Å². The Labute approximate surface area is 157 Å². The highest BCUT2D eigenvalue weighted by atomic mass is 79.9. The van der Waals surface area contributed by atoms with Crippen molar-refractivity contribution in [2.45, 2.75) is 44.7 Å². The van der Waals surface area contributed by atoms with Crippen LogP contribution in [-0.2, 0) is 9.47 Å². The van der Waals surface area contributed by atoms with E-state index in [9.17, 15) is 9.59 Å². The Kier molecular flexibility index (Phi) is 6.70. The number of hydrogen-bond acceptors (Lipinski definition) is 5. The first-order valence-electron chi connectivity index (χ1n) is 8.33. The number of esters is 1. The molecule has 0 aromatic heterocycles. The number of nitrogens with zero attached hydrogens (tertiary/aromatic N) is 1. The maximum Gasteiger partial charge on any atom is 0.407 e. The van der Waals surface area contributed by atoms with Gasteiger partial charge in [-0.2, -0.15) is 0 Å². The predicted molar refractivity (Wildman–Crippen MR) is 100 cm³/mol. The summed E-state index contributed by atoms with van der Waals surface area (Å²) >= 11 is 3.49. The first-order chi connectivity index (χ1) is 11.9. The van der Waals surface area contributed by atoms with Crippen molar-refractivity contribution in [2.75, 3.05) is 26.2 Å². The second kappa shape index (κ2) is 8.56. The van der Waals surface area contributed by atoms with Crippen molar-refractivity contribution in [1.29, 1.82) is 0 Å². The van der Waals surface area contributed by atoms with Crippen molar-refractivity contribution in [3.8, 4) is 0 Å². The van der Waals surface area contributed by atoms with E-state index in [2.05, 4.69) is 37.9 Å². The lowest BCUT2D eigenvalue weighted by Crippen LogP contribution is -2.43. The topological polar surface area (TPSA) is 67.9 Å². The largest absolute Gasteiger partial charge is 0.465 e. The molecule has 1 amide bonds. The van der Waals surface area contributed by atoms with Crippen molar-refractivity contribution < 1.29 is 19.1 Å². The second-order valence-electron chi connectivity index (χ2n) is 6.34. The van der Waals surface area contributed by atoms with Crippen LogP contribution < -0.4 is 10.2 Å². The number of ether oxygens (including phenoxy) is 2. The average Bonchev–Trinajstić information content (AvgIpc) is 2.62. The van der Waals surface area contributed by atoms with Crippen LogP contribution in [0.25, 0.3) is 0 Å². The summed E-state index contributed by atoms with van der Waals surface area (Å²) in [5, 5.41) is 2.87. The Bertz CT molecular complexity index is 642. The molecule has 1 N–H and O–H groups in total. The number of hydrogen-bond donors (Lipinski definition) is 1. The maximum absolute atomic E-state index is 12.0. The number of benzene rings is 1. The first kappa shape index (κ1) is 19.6. The molecule has 0 aliphatic heterocycles. The van der Waals surface area contributed by atoms with E-state index in [0.717, 1.165) is 41.4 Å². The van der Waals surface area contributed by atoms with E-state index in [0.29, 0.717) is 11.6 Å². The normalized spacial score (nSPS) is 19.9.